The number of allylic oxidation sites excluding steroid dienone is 2. The van der Waals surface area contributed by atoms with Gasteiger partial charge in [0.2, 0.25) is 0 Å². The molecule has 0 saturated heterocycles. The molecule has 3 heterocycles. The van der Waals surface area contributed by atoms with E-state index in [1.165, 1.54) is 6.33 Å². The lowest BCUT2D eigenvalue weighted by molar-refractivity contribution is -0.108. The Morgan fingerprint density at radius 2 is 2.00 bits per heavy atom. The number of aldehydes is 1. The highest BCUT2D eigenvalue weighted by Gasteiger charge is 2.34. The van der Waals surface area contributed by atoms with E-state index in [0.717, 1.165) is 27.5 Å². The highest BCUT2D eigenvalue weighted by Crippen LogP contribution is 2.46. The third-order valence-corrected chi connectivity index (χ3v) is 5.99. The van der Waals surface area contributed by atoms with Crippen LogP contribution in [-0.2, 0) is 4.79 Å². The second-order valence-electron chi connectivity index (χ2n) is 7.30. The van der Waals surface area contributed by atoms with Crippen LogP contribution in [0.15, 0.2) is 71.3 Å². The molecule has 1 aliphatic rings. The number of halogens is 1. The zero-order chi connectivity index (χ0) is 21.5. The number of nitrogens with two attached hydrogens (primary N) is 1. The molecule has 0 aliphatic carbocycles. The van der Waals surface area contributed by atoms with Gasteiger partial charge in [-0.15, -0.1) is 0 Å². The monoisotopic (exact) mass is 475 g/mol. The third kappa shape index (κ3) is 3.19. The standard InChI is InChI=1S/C23H18BrN5O2/c1-13(29-23-17(10-28-29)22(25)26-12-27-23)21-20(14-5-3-2-4-6-14)18(11-30)16-9-15(24)7-8-19(16)31-21/h2-13,18H,1H3,(H2,25,26,27). The number of fused-ring (bicyclic) bond motifs is 2. The van der Waals surface area contributed by atoms with E-state index in [-0.39, 0.29) is 6.04 Å². The summed E-state index contributed by atoms with van der Waals surface area (Å²) in [4.78, 5) is 20.8. The van der Waals surface area contributed by atoms with Gasteiger partial charge in [0.1, 0.15) is 36.0 Å². The Hall–Kier alpha value is -3.52. The zero-order valence-electron chi connectivity index (χ0n) is 16.6. The van der Waals surface area contributed by atoms with Gasteiger partial charge in [-0.3, -0.25) is 0 Å². The summed E-state index contributed by atoms with van der Waals surface area (Å²) in [6.07, 6.45) is 4.02. The van der Waals surface area contributed by atoms with Crippen LogP contribution in [0.2, 0.25) is 0 Å². The summed E-state index contributed by atoms with van der Waals surface area (Å²) in [6.45, 7) is 1.97. The minimum atomic E-state index is -0.484. The lowest BCUT2D eigenvalue weighted by atomic mass is 9.83. The van der Waals surface area contributed by atoms with Crippen LogP contribution in [0.4, 0.5) is 5.82 Å². The van der Waals surface area contributed by atoms with Crippen LogP contribution in [0.25, 0.3) is 16.6 Å². The molecule has 4 aromatic rings. The van der Waals surface area contributed by atoms with E-state index in [1.54, 1.807) is 10.9 Å². The van der Waals surface area contributed by atoms with Crippen LogP contribution < -0.4 is 10.5 Å². The molecule has 2 N–H and O–H groups in total. The van der Waals surface area contributed by atoms with Gasteiger partial charge < -0.3 is 15.3 Å². The van der Waals surface area contributed by atoms with E-state index in [2.05, 4.69) is 31.0 Å². The number of carbonyl (C=O) groups is 1. The maximum Gasteiger partial charge on any atom is 0.163 e. The van der Waals surface area contributed by atoms with Gasteiger partial charge in [0.25, 0.3) is 0 Å². The van der Waals surface area contributed by atoms with Gasteiger partial charge in [0.15, 0.2) is 5.65 Å². The fourth-order valence-corrected chi connectivity index (χ4v) is 4.38. The summed E-state index contributed by atoms with van der Waals surface area (Å²) in [5, 5.41) is 5.17. The maximum absolute atomic E-state index is 12.4. The first-order valence-electron chi connectivity index (χ1n) is 9.74. The van der Waals surface area contributed by atoms with Gasteiger partial charge in [-0.1, -0.05) is 46.3 Å². The van der Waals surface area contributed by atoms with E-state index >= 15 is 0 Å². The second kappa shape index (κ2) is 7.63. The molecule has 0 spiro atoms. The average Bonchev–Trinajstić information content (AvgIpc) is 3.23. The van der Waals surface area contributed by atoms with Gasteiger partial charge >= 0.3 is 0 Å². The summed E-state index contributed by atoms with van der Waals surface area (Å²) in [6, 6.07) is 15.1. The Morgan fingerprint density at radius 3 is 2.77 bits per heavy atom. The zero-order valence-corrected chi connectivity index (χ0v) is 18.2. The van der Waals surface area contributed by atoms with Crippen molar-refractivity contribution in [1.29, 1.82) is 0 Å². The van der Waals surface area contributed by atoms with Crippen molar-refractivity contribution in [2.45, 2.75) is 18.9 Å². The first-order chi connectivity index (χ1) is 15.1. The first kappa shape index (κ1) is 19.4. The van der Waals surface area contributed by atoms with Gasteiger partial charge in [-0.05, 0) is 30.7 Å². The van der Waals surface area contributed by atoms with E-state index in [1.807, 2.05) is 55.5 Å². The molecule has 5 rings (SSSR count). The number of nitrogen functional groups attached to an aromatic ring is 1. The predicted molar refractivity (Wildman–Crippen MR) is 121 cm³/mol. The molecule has 0 radical (unpaired) electrons. The van der Waals surface area contributed by atoms with Crippen molar-refractivity contribution in [3.63, 3.8) is 0 Å². The lowest BCUT2D eigenvalue weighted by Crippen LogP contribution is -2.23. The van der Waals surface area contributed by atoms with E-state index in [9.17, 15) is 4.79 Å². The average molecular weight is 476 g/mol. The molecule has 2 atom stereocenters. The Morgan fingerprint density at radius 1 is 1.19 bits per heavy atom. The van der Waals surface area contributed by atoms with Crippen LogP contribution in [-0.4, -0.2) is 26.0 Å². The smallest absolute Gasteiger partial charge is 0.163 e. The van der Waals surface area contributed by atoms with Crippen molar-refractivity contribution in [3.8, 4) is 5.75 Å². The number of rotatable bonds is 4. The number of aromatic nitrogens is 4. The number of hydrogen-bond acceptors (Lipinski definition) is 6. The summed E-state index contributed by atoms with van der Waals surface area (Å²) >= 11 is 3.51. The number of nitrogens with zero attached hydrogens (tertiary/aromatic N) is 4. The number of carbonyl (C=O) groups excluding carboxylic acids is 1. The molecule has 0 bridgehead atoms. The Kier molecular flexibility index (Phi) is 4.78. The van der Waals surface area contributed by atoms with Crippen LogP contribution >= 0.6 is 15.9 Å². The van der Waals surface area contributed by atoms with Crippen molar-refractivity contribution in [2.24, 2.45) is 0 Å². The fraction of sp³-hybridized carbons (Fsp3) is 0.130. The molecule has 31 heavy (non-hydrogen) atoms. The highest BCUT2D eigenvalue weighted by atomic mass is 79.9. The minimum absolute atomic E-state index is 0.346. The third-order valence-electron chi connectivity index (χ3n) is 5.49. The minimum Gasteiger partial charge on any atom is -0.459 e. The Bertz CT molecular complexity index is 1330. The molecule has 0 saturated carbocycles. The van der Waals surface area contributed by atoms with Crippen molar-refractivity contribution in [1.82, 2.24) is 19.7 Å². The number of benzene rings is 2. The van der Waals surface area contributed by atoms with Gasteiger partial charge in [-0.25, -0.2) is 14.6 Å². The quantitative estimate of drug-likeness (QED) is 0.436. The van der Waals surface area contributed by atoms with Crippen molar-refractivity contribution < 1.29 is 9.53 Å². The predicted octanol–water partition coefficient (Wildman–Crippen LogP) is 4.52. The van der Waals surface area contributed by atoms with Gasteiger partial charge in [0, 0.05) is 15.6 Å². The van der Waals surface area contributed by atoms with Crippen molar-refractivity contribution in [3.05, 3.63) is 82.4 Å². The van der Waals surface area contributed by atoms with Crippen LogP contribution in [0.3, 0.4) is 0 Å². The topological polar surface area (TPSA) is 95.9 Å². The van der Waals surface area contributed by atoms with E-state index < -0.39 is 5.92 Å². The summed E-state index contributed by atoms with van der Waals surface area (Å²) in [5.41, 5.74) is 9.13. The molecule has 8 heteroatoms. The van der Waals surface area contributed by atoms with Gasteiger partial charge in [-0.2, -0.15) is 5.10 Å². The Balaban J connectivity index is 1.74. The molecule has 0 fully saturated rings. The molecule has 7 nitrogen and oxygen atoms in total. The van der Waals surface area contributed by atoms with Crippen LogP contribution in [0.5, 0.6) is 5.75 Å². The van der Waals surface area contributed by atoms with Crippen molar-refractivity contribution >= 4 is 44.6 Å². The first-order valence-corrected chi connectivity index (χ1v) is 10.5. The molecule has 0 amide bonds. The summed E-state index contributed by atoms with van der Waals surface area (Å²) in [7, 11) is 0. The molecular formula is C23H18BrN5O2. The maximum atomic E-state index is 12.4. The van der Waals surface area contributed by atoms with E-state index in [0.29, 0.717) is 28.4 Å². The Labute approximate surface area is 186 Å². The lowest BCUT2D eigenvalue weighted by Gasteiger charge is -2.31. The number of anilines is 1. The molecule has 2 aromatic carbocycles. The normalized spacial score (nSPS) is 16.6. The van der Waals surface area contributed by atoms with E-state index in [4.69, 9.17) is 10.5 Å². The number of ether oxygens (including phenoxy) is 1. The number of hydrogen-bond donors (Lipinski definition) is 1. The molecule has 154 valence electrons. The molecule has 1 aliphatic heterocycles. The molecule has 2 aromatic heterocycles. The summed E-state index contributed by atoms with van der Waals surface area (Å²) < 4.78 is 9.05. The summed E-state index contributed by atoms with van der Waals surface area (Å²) in [5.74, 6) is 1.17. The molecule has 2 unspecified atom stereocenters. The SMILES string of the molecule is CC(C1=C(c2ccccc2)C(C=O)c2cc(Br)ccc2O1)n1ncc2c(N)ncnc21. The second-order valence-corrected chi connectivity index (χ2v) is 8.22. The molecular weight excluding hydrogens is 458 g/mol. The highest BCUT2D eigenvalue weighted by molar-refractivity contribution is 9.10. The van der Waals surface area contributed by atoms with Crippen LogP contribution in [0.1, 0.15) is 30.0 Å². The van der Waals surface area contributed by atoms with Gasteiger partial charge in [0.05, 0.1) is 17.5 Å². The van der Waals surface area contributed by atoms with Crippen molar-refractivity contribution in [2.75, 3.05) is 5.73 Å². The van der Waals surface area contributed by atoms with Crippen LogP contribution in [0, 0.1) is 0 Å². The fourth-order valence-electron chi connectivity index (χ4n) is 4.00. The largest absolute Gasteiger partial charge is 0.459 e.